The van der Waals surface area contributed by atoms with Crippen molar-refractivity contribution >= 4 is 22.6 Å². The smallest absolute Gasteiger partial charge is 0.378 e. The zero-order valence-corrected chi connectivity index (χ0v) is 22.6. The Morgan fingerprint density at radius 1 is 1.05 bits per heavy atom. The van der Waals surface area contributed by atoms with Crippen LogP contribution in [-0.2, 0) is 22.8 Å². The molecule has 40 heavy (non-hydrogen) atoms. The number of nitrogens with one attached hydrogen (secondary N) is 1. The molecule has 1 fully saturated rings. The summed E-state index contributed by atoms with van der Waals surface area (Å²) in [4.78, 5) is 17.7. The number of anilines is 1. The summed E-state index contributed by atoms with van der Waals surface area (Å²) in [5.74, 6) is -1.07. The number of nitrogens with zero attached hydrogens (tertiary/aromatic N) is 2. The van der Waals surface area contributed by atoms with Gasteiger partial charge in [0.2, 0.25) is 5.91 Å². The van der Waals surface area contributed by atoms with Gasteiger partial charge >= 0.3 is 6.18 Å². The predicted octanol–water partition coefficient (Wildman–Crippen LogP) is 7.63. The lowest BCUT2D eigenvalue weighted by atomic mass is 9.75. The molecule has 0 spiro atoms. The van der Waals surface area contributed by atoms with Gasteiger partial charge < -0.3 is 14.6 Å². The van der Waals surface area contributed by atoms with Crippen LogP contribution < -0.4 is 5.32 Å². The molecule has 210 valence electrons. The van der Waals surface area contributed by atoms with Crippen molar-refractivity contribution in [3.63, 3.8) is 0 Å². The first-order chi connectivity index (χ1) is 19.0. The van der Waals surface area contributed by atoms with Gasteiger partial charge in [0.25, 0.3) is 0 Å². The number of fused-ring (bicyclic) bond motifs is 1. The van der Waals surface area contributed by atoms with Crippen LogP contribution in [0, 0.1) is 18.7 Å². The van der Waals surface area contributed by atoms with Gasteiger partial charge in [-0.2, -0.15) is 13.2 Å². The summed E-state index contributed by atoms with van der Waals surface area (Å²) in [6.45, 7) is 4.44. The molecule has 1 aliphatic rings. The van der Waals surface area contributed by atoms with E-state index in [-0.39, 0.29) is 17.7 Å². The summed E-state index contributed by atoms with van der Waals surface area (Å²) in [6.07, 6.45) is -3.07. The van der Waals surface area contributed by atoms with Crippen molar-refractivity contribution in [2.45, 2.75) is 51.3 Å². The summed E-state index contributed by atoms with van der Waals surface area (Å²) in [5.41, 5.74) is 3.78. The first-order valence-corrected chi connectivity index (χ1v) is 13.4. The van der Waals surface area contributed by atoms with Crippen LogP contribution in [0.2, 0.25) is 0 Å². The molecule has 0 saturated heterocycles. The highest BCUT2D eigenvalue weighted by Gasteiger charge is 2.36. The fourth-order valence-electron chi connectivity index (χ4n) is 5.60. The zero-order valence-electron chi connectivity index (χ0n) is 22.6. The van der Waals surface area contributed by atoms with Crippen LogP contribution in [0.15, 0.2) is 60.7 Å². The Hall–Kier alpha value is -3.72. The molecule has 3 aromatic carbocycles. The topological polar surface area (TPSA) is 56.1 Å². The Bertz CT molecular complexity index is 1530. The first-order valence-electron chi connectivity index (χ1n) is 13.4. The molecule has 0 radical (unpaired) electrons. The van der Waals surface area contributed by atoms with E-state index in [1.165, 1.54) is 0 Å². The lowest BCUT2D eigenvalue weighted by molar-refractivity contribution is -0.137. The van der Waals surface area contributed by atoms with Crippen molar-refractivity contribution in [1.29, 1.82) is 0 Å². The van der Waals surface area contributed by atoms with Crippen molar-refractivity contribution in [2.24, 2.45) is 13.0 Å². The lowest BCUT2D eigenvalue weighted by Gasteiger charge is -2.35. The number of halogens is 4. The molecule has 4 aromatic rings. The Morgan fingerprint density at radius 2 is 1.77 bits per heavy atom. The molecule has 5 rings (SSSR count). The third kappa shape index (κ3) is 5.61. The number of benzene rings is 3. The number of hydrogen-bond acceptors (Lipinski definition) is 3. The van der Waals surface area contributed by atoms with E-state index in [0.29, 0.717) is 31.9 Å². The molecule has 0 aliphatic heterocycles. The Kier molecular flexibility index (Phi) is 7.68. The maximum atomic E-state index is 14.4. The minimum Gasteiger partial charge on any atom is -0.378 e. The van der Waals surface area contributed by atoms with E-state index in [4.69, 9.17) is 4.74 Å². The van der Waals surface area contributed by atoms with Crippen LogP contribution in [0.1, 0.15) is 49.1 Å². The normalized spacial score (nSPS) is 19.6. The third-order valence-corrected chi connectivity index (χ3v) is 7.87. The summed E-state index contributed by atoms with van der Waals surface area (Å²) in [6, 6.07) is 16.5. The Morgan fingerprint density at radius 3 is 2.45 bits per heavy atom. The van der Waals surface area contributed by atoms with Crippen LogP contribution in [0.25, 0.3) is 22.2 Å². The number of amides is 1. The highest BCUT2D eigenvalue weighted by molar-refractivity contribution is 5.92. The number of aryl methyl sites for hydroxylation is 2. The van der Waals surface area contributed by atoms with Gasteiger partial charge in [0.15, 0.2) is 0 Å². The molecule has 0 bridgehead atoms. The van der Waals surface area contributed by atoms with Gasteiger partial charge in [-0.05, 0) is 80.1 Å². The maximum Gasteiger partial charge on any atom is 0.416 e. The molecule has 5 nitrogen and oxygen atoms in total. The molecule has 1 aromatic heterocycles. The number of aromatic nitrogens is 2. The van der Waals surface area contributed by atoms with Gasteiger partial charge in [0.1, 0.15) is 11.6 Å². The summed E-state index contributed by atoms with van der Waals surface area (Å²) < 4.78 is 61.1. The van der Waals surface area contributed by atoms with Gasteiger partial charge in [-0.15, -0.1) is 0 Å². The van der Waals surface area contributed by atoms with Crippen LogP contribution >= 0.6 is 0 Å². The molecular weight excluding hydrogens is 522 g/mol. The molecular formula is C31H31F4N3O2. The Balaban J connectivity index is 1.33. The number of ether oxygens (including phenoxy) is 1. The van der Waals surface area contributed by atoms with Crippen molar-refractivity contribution in [2.75, 3.05) is 11.9 Å². The average molecular weight is 554 g/mol. The number of rotatable bonds is 6. The fourth-order valence-corrected chi connectivity index (χ4v) is 5.60. The lowest BCUT2D eigenvalue weighted by Crippen LogP contribution is -2.35. The maximum absolute atomic E-state index is 14.4. The number of hydrogen-bond donors (Lipinski definition) is 1. The molecule has 1 saturated carbocycles. The standard InChI is InChI=1S/C31H31F4N3O2/c1-4-40-29-14-10-22(30(39)37-26-12-11-23(17-25(26)32)31(33,34)35)15-24(29)20-7-5-19(6-8-20)21-9-13-28-27(16-21)36-18(2)38(28)3/h5-9,11-13,16-17,22,24,29H,4,10,14-15H2,1-3H3,(H,37,39)/t22?,24?,29-/m1/s1. The van der Waals surface area contributed by atoms with Crippen molar-refractivity contribution in [3.05, 3.63) is 83.4 Å². The Labute approximate surface area is 230 Å². The van der Waals surface area contributed by atoms with E-state index in [0.717, 1.165) is 45.7 Å². The first kappa shape index (κ1) is 27.8. The van der Waals surface area contributed by atoms with E-state index in [9.17, 15) is 22.4 Å². The highest BCUT2D eigenvalue weighted by Crippen LogP contribution is 2.40. The van der Waals surface area contributed by atoms with Gasteiger partial charge in [0.05, 0.1) is 28.4 Å². The molecule has 1 N–H and O–H groups in total. The largest absolute Gasteiger partial charge is 0.416 e. The number of carbonyl (C=O) groups excluding carboxylic acids is 1. The average Bonchev–Trinajstić information content (AvgIpc) is 3.22. The van der Waals surface area contributed by atoms with Crippen molar-refractivity contribution < 1.29 is 27.1 Å². The SMILES string of the molecule is CCO[C@@H]1CCC(C(=O)Nc2ccc(C(F)(F)F)cc2F)CC1c1ccc(-c2ccc3c(c2)nc(C)n3C)cc1. The highest BCUT2D eigenvalue weighted by atomic mass is 19.4. The molecule has 9 heteroatoms. The minimum absolute atomic E-state index is 0.0585. The van der Waals surface area contributed by atoms with E-state index in [1.54, 1.807) is 0 Å². The van der Waals surface area contributed by atoms with E-state index in [2.05, 4.69) is 57.3 Å². The third-order valence-electron chi connectivity index (χ3n) is 7.87. The second-order valence-electron chi connectivity index (χ2n) is 10.3. The second-order valence-corrected chi connectivity index (χ2v) is 10.3. The van der Waals surface area contributed by atoms with Gasteiger partial charge in [-0.3, -0.25) is 4.79 Å². The summed E-state index contributed by atoms with van der Waals surface area (Å²) in [5, 5.41) is 2.50. The van der Waals surface area contributed by atoms with Crippen LogP contribution in [0.4, 0.5) is 23.2 Å². The van der Waals surface area contributed by atoms with Gasteiger partial charge in [0, 0.05) is 25.5 Å². The van der Waals surface area contributed by atoms with E-state index >= 15 is 0 Å². The zero-order chi connectivity index (χ0) is 28.6. The van der Waals surface area contributed by atoms with Crippen LogP contribution in [0.5, 0.6) is 0 Å². The predicted molar refractivity (Wildman–Crippen MR) is 146 cm³/mol. The molecule has 2 unspecified atom stereocenters. The number of alkyl halides is 3. The number of carbonyl (C=O) groups is 1. The van der Waals surface area contributed by atoms with E-state index < -0.39 is 29.4 Å². The van der Waals surface area contributed by atoms with Gasteiger partial charge in [-0.25, -0.2) is 9.37 Å². The van der Waals surface area contributed by atoms with Gasteiger partial charge in [-0.1, -0.05) is 30.3 Å². The monoisotopic (exact) mass is 553 g/mol. The molecule has 3 atom stereocenters. The minimum atomic E-state index is -4.66. The van der Waals surface area contributed by atoms with Crippen molar-refractivity contribution in [1.82, 2.24) is 9.55 Å². The molecule has 1 aliphatic carbocycles. The summed E-state index contributed by atoms with van der Waals surface area (Å²) >= 11 is 0. The van der Waals surface area contributed by atoms with Crippen LogP contribution in [0.3, 0.4) is 0 Å². The number of imidazole rings is 1. The molecule has 1 amide bonds. The second kappa shape index (κ2) is 11.0. The quantitative estimate of drug-likeness (QED) is 0.250. The van der Waals surface area contributed by atoms with Crippen molar-refractivity contribution in [3.8, 4) is 11.1 Å². The van der Waals surface area contributed by atoms with Crippen LogP contribution in [-0.4, -0.2) is 28.2 Å². The van der Waals surface area contributed by atoms with E-state index in [1.807, 2.05) is 20.9 Å². The summed E-state index contributed by atoms with van der Waals surface area (Å²) in [7, 11) is 1.99. The molecule has 1 heterocycles. The fraction of sp³-hybridized carbons (Fsp3) is 0.355.